The molecule has 0 bridgehead atoms. The second kappa shape index (κ2) is 6.28. The summed E-state index contributed by atoms with van der Waals surface area (Å²) in [6.45, 7) is 6.87. The summed E-state index contributed by atoms with van der Waals surface area (Å²) in [5.74, 6) is 1.86. The zero-order valence-corrected chi connectivity index (χ0v) is 13.4. The number of nitrogens with one attached hydrogen (secondary N) is 1. The van der Waals surface area contributed by atoms with E-state index in [9.17, 15) is 4.79 Å². The van der Waals surface area contributed by atoms with Crippen molar-refractivity contribution in [3.63, 3.8) is 0 Å². The first kappa shape index (κ1) is 15.3. The number of nitrogens with zero attached hydrogens (tertiary/aromatic N) is 3. The molecule has 1 aliphatic heterocycles. The molecular formula is C16H20N4O3. The second-order valence-electron chi connectivity index (χ2n) is 5.92. The highest BCUT2D eigenvalue weighted by Gasteiger charge is 2.32. The molecule has 0 unspecified atom stereocenters. The van der Waals surface area contributed by atoms with E-state index in [1.807, 2.05) is 38.1 Å². The first-order valence-electron chi connectivity index (χ1n) is 7.64. The minimum Gasteiger partial charge on any atom is -0.487 e. The molecule has 0 radical (unpaired) electrons. The van der Waals surface area contributed by atoms with Gasteiger partial charge >= 0.3 is 6.03 Å². The number of aromatic nitrogens is 2. The number of benzene rings is 1. The number of ether oxygens (including phenoxy) is 1. The van der Waals surface area contributed by atoms with E-state index in [1.165, 1.54) is 0 Å². The number of likely N-dealkylation sites (tertiary alicyclic amines) is 1. The quantitative estimate of drug-likeness (QED) is 0.935. The van der Waals surface area contributed by atoms with Crippen molar-refractivity contribution in [1.29, 1.82) is 0 Å². The van der Waals surface area contributed by atoms with Crippen molar-refractivity contribution < 1.29 is 14.1 Å². The van der Waals surface area contributed by atoms with Crippen LogP contribution in [0.1, 0.15) is 19.7 Å². The highest BCUT2D eigenvalue weighted by Crippen LogP contribution is 2.23. The van der Waals surface area contributed by atoms with Gasteiger partial charge in [0.2, 0.25) is 0 Å². The fourth-order valence-corrected chi connectivity index (χ4v) is 2.30. The summed E-state index contributed by atoms with van der Waals surface area (Å²) >= 11 is 0. The van der Waals surface area contributed by atoms with Crippen LogP contribution in [0.3, 0.4) is 0 Å². The predicted molar refractivity (Wildman–Crippen MR) is 84.1 cm³/mol. The molecule has 2 amide bonds. The Morgan fingerprint density at radius 1 is 1.35 bits per heavy atom. The van der Waals surface area contributed by atoms with E-state index in [1.54, 1.807) is 11.8 Å². The average Bonchev–Trinajstić information content (AvgIpc) is 2.88. The van der Waals surface area contributed by atoms with Gasteiger partial charge in [0.1, 0.15) is 11.9 Å². The van der Waals surface area contributed by atoms with E-state index in [0.29, 0.717) is 24.8 Å². The van der Waals surface area contributed by atoms with Gasteiger partial charge in [-0.05, 0) is 45.0 Å². The molecule has 1 N–H and O–H groups in total. The smallest absolute Gasteiger partial charge is 0.317 e. The molecule has 2 heterocycles. The molecule has 1 saturated heterocycles. The minimum absolute atomic E-state index is 0.0319. The van der Waals surface area contributed by atoms with Crippen LogP contribution in [0.4, 0.5) is 4.79 Å². The van der Waals surface area contributed by atoms with Crippen LogP contribution in [0, 0.1) is 6.92 Å². The Balaban J connectivity index is 1.51. The first-order valence-corrected chi connectivity index (χ1v) is 7.64. The van der Waals surface area contributed by atoms with Gasteiger partial charge in [-0.2, -0.15) is 4.98 Å². The topological polar surface area (TPSA) is 80.5 Å². The van der Waals surface area contributed by atoms with Crippen molar-refractivity contribution in [2.45, 2.75) is 32.9 Å². The highest BCUT2D eigenvalue weighted by atomic mass is 16.5. The van der Waals surface area contributed by atoms with Gasteiger partial charge in [0.15, 0.2) is 5.82 Å². The van der Waals surface area contributed by atoms with Crippen molar-refractivity contribution in [2.75, 3.05) is 13.1 Å². The lowest BCUT2D eigenvalue weighted by molar-refractivity contribution is 0.0438. The van der Waals surface area contributed by atoms with Gasteiger partial charge in [0, 0.05) is 11.6 Å². The fourth-order valence-electron chi connectivity index (χ4n) is 2.30. The summed E-state index contributed by atoms with van der Waals surface area (Å²) in [6, 6.07) is 7.59. The SMILES string of the molecule is Cc1noc(-c2ccc(OC3CN(C(=O)NC(C)C)C3)cc2)n1. The molecule has 0 saturated carbocycles. The molecule has 1 aromatic carbocycles. The van der Waals surface area contributed by atoms with Crippen LogP contribution in [-0.2, 0) is 0 Å². The van der Waals surface area contributed by atoms with Gasteiger partial charge < -0.3 is 19.5 Å². The van der Waals surface area contributed by atoms with Crippen LogP contribution in [0.5, 0.6) is 5.75 Å². The standard InChI is InChI=1S/C16H20N4O3/c1-10(2)17-16(21)20-8-14(9-20)22-13-6-4-12(5-7-13)15-18-11(3)19-23-15/h4-7,10,14H,8-9H2,1-3H3,(H,17,21). The van der Waals surface area contributed by atoms with Crippen molar-refractivity contribution in [2.24, 2.45) is 0 Å². The molecule has 7 heteroatoms. The molecule has 122 valence electrons. The molecule has 0 spiro atoms. The molecule has 2 aromatic rings. The molecular weight excluding hydrogens is 296 g/mol. The average molecular weight is 316 g/mol. The number of carbonyl (C=O) groups excluding carboxylic acids is 1. The normalized spacial score (nSPS) is 14.7. The number of hydrogen-bond donors (Lipinski definition) is 1. The van der Waals surface area contributed by atoms with Gasteiger partial charge in [-0.1, -0.05) is 5.16 Å². The van der Waals surface area contributed by atoms with Crippen molar-refractivity contribution >= 4 is 6.03 Å². The van der Waals surface area contributed by atoms with Crippen LogP contribution >= 0.6 is 0 Å². The summed E-state index contributed by atoms with van der Waals surface area (Å²) in [6.07, 6.45) is 0.0319. The van der Waals surface area contributed by atoms with Crippen LogP contribution in [-0.4, -0.2) is 46.3 Å². The van der Waals surface area contributed by atoms with Gasteiger partial charge in [-0.3, -0.25) is 0 Å². The lowest BCUT2D eigenvalue weighted by atomic mass is 10.1. The molecule has 1 aliphatic rings. The van der Waals surface area contributed by atoms with Crippen LogP contribution < -0.4 is 10.1 Å². The van der Waals surface area contributed by atoms with Gasteiger partial charge in [-0.25, -0.2) is 4.79 Å². The number of aryl methyl sites for hydroxylation is 1. The Bertz CT molecular complexity index is 675. The summed E-state index contributed by atoms with van der Waals surface area (Å²) < 4.78 is 11.0. The molecule has 0 atom stereocenters. The first-order chi connectivity index (χ1) is 11.0. The maximum atomic E-state index is 11.8. The lowest BCUT2D eigenvalue weighted by Crippen LogP contribution is -2.59. The maximum absolute atomic E-state index is 11.8. The van der Waals surface area contributed by atoms with E-state index in [2.05, 4.69) is 15.5 Å². The summed E-state index contributed by atoms with van der Waals surface area (Å²) in [4.78, 5) is 17.7. The molecule has 7 nitrogen and oxygen atoms in total. The van der Waals surface area contributed by atoms with Crippen LogP contribution in [0.15, 0.2) is 28.8 Å². The summed E-state index contributed by atoms with van der Waals surface area (Å²) in [7, 11) is 0. The number of rotatable bonds is 4. The Kier molecular flexibility index (Phi) is 4.18. The fraction of sp³-hybridized carbons (Fsp3) is 0.438. The van der Waals surface area contributed by atoms with E-state index in [4.69, 9.17) is 9.26 Å². The van der Waals surface area contributed by atoms with E-state index in [0.717, 1.165) is 11.3 Å². The molecule has 1 aromatic heterocycles. The zero-order valence-electron chi connectivity index (χ0n) is 13.4. The second-order valence-corrected chi connectivity index (χ2v) is 5.92. The number of urea groups is 1. The number of amides is 2. The summed E-state index contributed by atoms with van der Waals surface area (Å²) in [5.41, 5.74) is 0.851. The Morgan fingerprint density at radius 3 is 2.61 bits per heavy atom. The zero-order chi connectivity index (χ0) is 16.4. The van der Waals surface area contributed by atoms with Crippen LogP contribution in [0.25, 0.3) is 11.5 Å². The third-order valence-corrected chi connectivity index (χ3v) is 3.48. The molecule has 3 rings (SSSR count). The van der Waals surface area contributed by atoms with Gasteiger partial charge in [-0.15, -0.1) is 0 Å². The Morgan fingerprint density at radius 2 is 2.04 bits per heavy atom. The van der Waals surface area contributed by atoms with Gasteiger partial charge in [0.25, 0.3) is 5.89 Å². The van der Waals surface area contributed by atoms with Crippen molar-refractivity contribution in [3.05, 3.63) is 30.1 Å². The largest absolute Gasteiger partial charge is 0.487 e. The lowest BCUT2D eigenvalue weighted by Gasteiger charge is -2.39. The summed E-state index contributed by atoms with van der Waals surface area (Å²) in [5, 5.41) is 6.64. The van der Waals surface area contributed by atoms with Crippen molar-refractivity contribution in [1.82, 2.24) is 20.4 Å². The Labute approximate surface area is 134 Å². The van der Waals surface area contributed by atoms with E-state index < -0.39 is 0 Å². The molecule has 23 heavy (non-hydrogen) atoms. The van der Waals surface area contributed by atoms with Gasteiger partial charge in [0.05, 0.1) is 13.1 Å². The molecule has 1 fully saturated rings. The minimum atomic E-state index is -0.0399. The third-order valence-electron chi connectivity index (χ3n) is 3.48. The van der Waals surface area contributed by atoms with E-state index >= 15 is 0 Å². The predicted octanol–water partition coefficient (Wildman–Crippen LogP) is 2.23. The number of hydrogen-bond acceptors (Lipinski definition) is 5. The number of carbonyl (C=O) groups is 1. The van der Waals surface area contributed by atoms with E-state index in [-0.39, 0.29) is 18.2 Å². The van der Waals surface area contributed by atoms with Crippen molar-refractivity contribution in [3.8, 4) is 17.2 Å². The Hall–Kier alpha value is -2.57. The van der Waals surface area contributed by atoms with Crippen LogP contribution in [0.2, 0.25) is 0 Å². The maximum Gasteiger partial charge on any atom is 0.317 e. The highest BCUT2D eigenvalue weighted by molar-refractivity contribution is 5.75. The monoisotopic (exact) mass is 316 g/mol. The third kappa shape index (κ3) is 3.61. The molecule has 0 aliphatic carbocycles.